The third kappa shape index (κ3) is 2.16. The molecule has 0 aliphatic rings. The lowest BCUT2D eigenvalue weighted by Gasteiger charge is -2.12. The predicted octanol–water partition coefficient (Wildman–Crippen LogP) is 1.93. The van der Waals surface area contributed by atoms with Crippen LogP contribution in [0.3, 0.4) is 0 Å². The van der Waals surface area contributed by atoms with E-state index in [4.69, 9.17) is 12.2 Å². The van der Waals surface area contributed by atoms with Crippen LogP contribution in [0.5, 0.6) is 0 Å². The largest absolute Gasteiger partial charge is 0.328 e. The van der Waals surface area contributed by atoms with Crippen LogP contribution in [0.2, 0.25) is 0 Å². The summed E-state index contributed by atoms with van der Waals surface area (Å²) < 4.78 is 15.9. The van der Waals surface area contributed by atoms with Gasteiger partial charge < -0.3 is 4.98 Å². The number of hydrogen-bond donors (Lipinski definition) is 1. The van der Waals surface area contributed by atoms with E-state index in [9.17, 15) is 4.21 Å². The molecule has 100 valence electrons. The molecule has 0 radical (unpaired) electrons. The second kappa shape index (κ2) is 4.97. The molecule has 0 fully saturated rings. The number of H-pyrrole nitrogens is 1. The zero-order chi connectivity index (χ0) is 13.4. The number of aromatic amines is 1. The van der Waals surface area contributed by atoms with Crippen molar-refractivity contribution in [1.82, 2.24) is 19.3 Å². The van der Waals surface area contributed by atoms with E-state index in [1.165, 1.54) is 0 Å². The van der Waals surface area contributed by atoms with Gasteiger partial charge in [0.2, 0.25) is 0 Å². The van der Waals surface area contributed by atoms with Gasteiger partial charge in [-0.1, -0.05) is 6.92 Å². The molecule has 2 rings (SSSR count). The second-order valence-electron chi connectivity index (χ2n) is 4.51. The molecule has 0 aromatic carbocycles. The standard InChI is InChI=1S/C11H18N4OS2/c1-5-8-9-10(14(3)13-8)15(11(17)12-9)7(2)6-18(4)16/h7H,5-6H2,1-4H3,(H,12,17). The topological polar surface area (TPSA) is 55.6 Å². The molecule has 2 heterocycles. The Morgan fingerprint density at radius 1 is 1.56 bits per heavy atom. The van der Waals surface area contributed by atoms with Crippen molar-refractivity contribution in [2.24, 2.45) is 7.05 Å². The summed E-state index contributed by atoms with van der Waals surface area (Å²) in [7, 11) is 1.07. The highest BCUT2D eigenvalue weighted by molar-refractivity contribution is 7.84. The first-order valence-electron chi connectivity index (χ1n) is 5.91. The van der Waals surface area contributed by atoms with E-state index in [1.54, 1.807) is 6.26 Å². The summed E-state index contributed by atoms with van der Waals surface area (Å²) in [5.74, 6) is 0.591. The Labute approximate surface area is 114 Å². The van der Waals surface area contributed by atoms with Gasteiger partial charge in [0.05, 0.1) is 5.69 Å². The van der Waals surface area contributed by atoms with Crippen LogP contribution in [0.1, 0.15) is 25.6 Å². The number of hydrogen-bond acceptors (Lipinski definition) is 3. The number of aromatic nitrogens is 4. The summed E-state index contributed by atoms with van der Waals surface area (Å²) in [4.78, 5) is 3.22. The lowest BCUT2D eigenvalue weighted by molar-refractivity contribution is 0.586. The molecule has 0 aliphatic carbocycles. The van der Waals surface area contributed by atoms with Crippen LogP contribution < -0.4 is 0 Å². The first-order chi connectivity index (χ1) is 8.45. The van der Waals surface area contributed by atoms with Gasteiger partial charge in [0, 0.05) is 35.9 Å². The van der Waals surface area contributed by atoms with Crippen LogP contribution in [0.4, 0.5) is 0 Å². The summed E-state index contributed by atoms with van der Waals surface area (Å²) >= 11 is 5.37. The maximum absolute atomic E-state index is 11.4. The summed E-state index contributed by atoms with van der Waals surface area (Å²) in [6.07, 6.45) is 2.57. The predicted molar refractivity (Wildman–Crippen MR) is 76.9 cm³/mol. The molecule has 0 spiro atoms. The smallest absolute Gasteiger partial charge is 0.179 e. The summed E-state index contributed by atoms with van der Waals surface area (Å²) in [5, 5.41) is 4.47. The second-order valence-corrected chi connectivity index (χ2v) is 6.38. The van der Waals surface area contributed by atoms with Gasteiger partial charge in [-0.3, -0.25) is 13.5 Å². The third-order valence-corrected chi connectivity index (χ3v) is 4.27. The summed E-state index contributed by atoms with van der Waals surface area (Å²) in [6.45, 7) is 4.10. The molecule has 2 unspecified atom stereocenters. The summed E-state index contributed by atoms with van der Waals surface area (Å²) in [5.41, 5.74) is 3.00. The average Bonchev–Trinajstić information content (AvgIpc) is 2.75. The van der Waals surface area contributed by atoms with E-state index in [2.05, 4.69) is 17.0 Å². The van der Waals surface area contributed by atoms with Gasteiger partial charge in [-0.2, -0.15) is 5.10 Å². The van der Waals surface area contributed by atoms with E-state index in [-0.39, 0.29) is 6.04 Å². The molecule has 2 aromatic heterocycles. The normalized spacial score (nSPS) is 15.1. The molecule has 1 N–H and O–H groups in total. The van der Waals surface area contributed by atoms with E-state index in [0.29, 0.717) is 10.5 Å². The van der Waals surface area contributed by atoms with Crippen LogP contribution in [-0.4, -0.2) is 35.5 Å². The Hall–Kier alpha value is -0.950. The van der Waals surface area contributed by atoms with Crippen molar-refractivity contribution < 1.29 is 4.21 Å². The van der Waals surface area contributed by atoms with Gasteiger partial charge >= 0.3 is 0 Å². The molecule has 18 heavy (non-hydrogen) atoms. The van der Waals surface area contributed by atoms with Crippen LogP contribution in [0.15, 0.2) is 0 Å². The van der Waals surface area contributed by atoms with Crippen LogP contribution >= 0.6 is 12.2 Å². The zero-order valence-electron chi connectivity index (χ0n) is 11.1. The number of aryl methyl sites for hydroxylation is 2. The minimum absolute atomic E-state index is 0.0946. The van der Waals surface area contributed by atoms with Crippen LogP contribution in [0, 0.1) is 4.77 Å². The first kappa shape index (κ1) is 13.5. The molecule has 5 nitrogen and oxygen atoms in total. The van der Waals surface area contributed by atoms with Crippen molar-refractivity contribution >= 4 is 34.2 Å². The minimum Gasteiger partial charge on any atom is -0.328 e. The Morgan fingerprint density at radius 3 is 2.78 bits per heavy atom. The number of nitrogens with one attached hydrogen (secondary N) is 1. The fraction of sp³-hybridized carbons (Fsp3) is 0.636. The van der Waals surface area contributed by atoms with Crippen LogP contribution in [0.25, 0.3) is 11.2 Å². The lowest BCUT2D eigenvalue weighted by atomic mass is 10.3. The lowest BCUT2D eigenvalue weighted by Crippen LogP contribution is -2.14. The number of rotatable bonds is 4. The van der Waals surface area contributed by atoms with Gasteiger partial charge in [-0.25, -0.2) is 0 Å². The number of fused-ring (bicyclic) bond motifs is 1. The summed E-state index contributed by atoms with van der Waals surface area (Å²) in [6, 6.07) is 0.0946. The maximum atomic E-state index is 11.4. The van der Waals surface area contributed by atoms with Gasteiger partial charge in [0.25, 0.3) is 0 Å². The van der Waals surface area contributed by atoms with Crippen molar-refractivity contribution in [3.05, 3.63) is 10.5 Å². The Morgan fingerprint density at radius 2 is 2.22 bits per heavy atom. The maximum Gasteiger partial charge on any atom is 0.179 e. The van der Waals surface area contributed by atoms with E-state index >= 15 is 0 Å². The SMILES string of the molecule is CCc1nn(C)c2c1[nH]c(=S)n2C(C)CS(C)=O. The average molecular weight is 286 g/mol. The highest BCUT2D eigenvalue weighted by Crippen LogP contribution is 2.22. The Bertz CT molecular complexity index is 652. The highest BCUT2D eigenvalue weighted by atomic mass is 32.2. The molecule has 7 heteroatoms. The van der Waals surface area contributed by atoms with Gasteiger partial charge in [-0.15, -0.1) is 0 Å². The molecule has 0 saturated carbocycles. The third-order valence-electron chi connectivity index (χ3n) is 3.02. The van der Waals surface area contributed by atoms with Gasteiger partial charge in [-0.05, 0) is 25.6 Å². The quantitative estimate of drug-likeness (QED) is 0.874. The molecule has 0 saturated heterocycles. The van der Waals surface area contributed by atoms with Crippen molar-refractivity contribution in [1.29, 1.82) is 0 Å². The molecular weight excluding hydrogens is 268 g/mol. The molecule has 0 amide bonds. The van der Waals surface area contributed by atoms with Crippen molar-refractivity contribution in [2.75, 3.05) is 12.0 Å². The molecule has 2 aromatic rings. The fourth-order valence-corrected chi connectivity index (χ4v) is 3.50. The molecule has 0 aliphatic heterocycles. The number of nitrogens with zero attached hydrogens (tertiary/aromatic N) is 3. The van der Waals surface area contributed by atoms with Crippen molar-refractivity contribution in [2.45, 2.75) is 26.3 Å². The van der Waals surface area contributed by atoms with Crippen LogP contribution in [-0.2, 0) is 24.3 Å². The van der Waals surface area contributed by atoms with E-state index in [0.717, 1.165) is 23.3 Å². The monoisotopic (exact) mass is 286 g/mol. The first-order valence-corrected chi connectivity index (χ1v) is 8.05. The Kier molecular flexibility index (Phi) is 3.72. The minimum atomic E-state index is -0.844. The Balaban J connectivity index is 2.63. The molecule has 2 atom stereocenters. The van der Waals surface area contributed by atoms with E-state index in [1.807, 2.05) is 23.2 Å². The number of imidazole rings is 1. The fourth-order valence-electron chi connectivity index (χ4n) is 2.31. The molecule has 0 bridgehead atoms. The van der Waals surface area contributed by atoms with Crippen molar-refractivity contribution in [3.63, 3.8) is 0 Å². The molecular formula is C11H18N4OS2. The zero-order valence-corrected chi connectivity index (χ0v) is 12.7. The van der Waals surface area contributed by atoms with E-state index < -0.39 is 10.8 Å². The van der Waals surface area contributed by atoms with Crippen molar-refractivity contribution in [3.8, 4) is 0 Å². The van der Waals surface area contributed by atoms with Gasteiger partial charge in [0.15, 0.2) is 10.4 Å². The van der Waals surface area contributed by atoms with Gasteiger partial charge in [0.1, 0.15) is 5.52 Å². The highest BCUT2D eigenvalue weighted by Gasteiger charge is 2.18.